The van der Waals surface area contributed by atoms with Crippen LogP contribution >= 0.6 is 24.8 Å². The van der Waals surface area contributed by atoms with Crippen LogP contribution in [0.2, 0.25) is 13.1 Å². The second kappa shape index (κ2) is 42.8. The summed E-state index contributed by atoms with van der Waals surface area (Å²) in [5.74, 6) is 0. The minimum Gasteiger partial charge on any atom is -0.358 e. The fourth-order valence-corrected chi connectivity index (χ4v) is 0.340. The number of nitrogens with one attached hydrogen (secondary N) is 1. The number of rotatable bonds is 0. The topological polar surface area (TPSA) is 44.0 Å². The summed E-state index contributed by atoms with van der Waals surface area (Å²) in [6.45, 7) is 13.0. The van der Waals surface area contributed by atoms with Crippen molar-refractivity contribution in [1.29, 1.82) is 0 Å². The van der Waals surface area contributed by atoms with E-state index in [9.17, 15) is 0 Å². The number of aliphatic hydroxyl groups is 1. The zero-order chi connectivity index (χ0) is 15.4. The molecule has 0 atom stereocenters. The fraction of sp³-hybridized carbons (Fsp3) is 0.533. The molecule has 0 fully saturated rings. The van der Waals surface area contributed by atoms with Gasteiger partial charge in [-0.05, 0) is 0 Å². The molecular formula is C15H34Cl2NOSiTi-4. The maximum Gasteiger partial charge on any atom is -0.358 e. The summed E-state index contributed by atoms with van der Waals surface area (Å²) in [6.07, 6.45) is 10.0. The predicted octanol–water partition coefficient (Wildman–Crippen LogP) is 4.73. The SMILES string of the molecule is CC(C)(C)[NH-].C[SiH]C.Cl.Cl.[C-]1=CC=CC1.[CH2-]CO.[CH2]=[Ti].[CH3-]. The molecule has 1 rings (SSSR count). The summed E-state index contributed by atoms with van der Waals surface area (Å²) in [7, 11) is 0.750. The molecule has 21 heavy (non-hydrogen) atoms. The summed E-state index contributed by atoms with van der Waals surface area (Å²) in [5.41, 5.74) is 6.69. The van der Waals surface area contributed by atoms with E-state index in [0.29, 0.717) is 0 Å². The average Bonchev–Trinajstić information content (AvgIpc) is 2.77. The van der Waals surface area contributed by atoms with Gasteiger partial charge in [-0.2, -0.15) is 6.08 Å². The minimum absolute atomic E-state index is 0. The Morgan fingerprint density at radius 3 is 1.62 bits per heavy atom. The van der Waals surface area contributed by atoms with Gasteiger partial charge in [0, 0.05) is 9.52 Å². The average molecular weight is 391 g/mol. The van der Waals surface area contributed by atoms with Gasteiger partial charge in [-0.3, -0.25) is 6.08 Å². The molecule has 0 saturated heterocycles. The molecule has 0 unspecified atom stereocenters. The molecule has 2 nitrogen and oxygen atoms in total. The Morgan fingerprint density at radius 2 is 1.57 bits per heavy atom. The maximum atomic E-state index is 7.46. The van der Waals surface area contributed by atoms with E-state index in [4.69, 9.17) is 10.8 Å². The van der Waals surface area contributed by atoms with Crippen LogP contribution < -0.4 is 0 Å². The van der Waals surface area contributed by atoms with Crippen molar-refractivity contribution in [3.63, 3.8) is 0 Å². The quantitative estimate of drug-likeness (QED) is 0.471. The summed E-state index contributed by atoms with van der Waals surface area (Å²) in [5, 5.41) is 7.46. The molecule has 0 aromatic carbocycles. The smallest absolute Gasteiger partial charge is 0.358 e. The summed E-state index contributed by atoms with van der Waals surface area (Å²) < 4.78 is 0. The molecule has 1 radical (unpaired) electrons. The molecule has 131 valence electrons. The predicted molar refractivity (Wildman–Crippen MR) is 105 cm³/mol. The third kappa shape index (κ3) is 219. The number of hydrogen-bond donors (Lipinski definition) is 1. The van der Waals surface area contributed by atoms with Crippen molar-refractivity contribution in [2.45, 2.75) is 45.8 Å². The third-order valence-corrected chi connectivity index (χ3v) is 0.586. The monoisotopic (exact) mass is 390 g/mol. The first-order valence-corrected chi connectivity index (χ1v) is 9.21. The van der Waals surface area contributed by atoms with Crippen LogP contribution in [0, 0.1) is 20.4 Å². The van der Waals surface area contributed by atoms with Crippen LogP contribution in [-0.4, -0.2) is 31.6 Å². The second-order valence-electron chi connectivity index (χ2n) is 4.05. The van der Waals surface area contributed by atoms with E-state index in [2.05, 4.69) is 37.0 Å². The zero-order valence-corrected chi connectivity index (χ0v) is 18.8. The number of halogens is 2. The molecule has 1 aliphatic rings. The standard InChI is InChI=1S/C5H5.C4H10N.C2H5O.C2H7Si.CH3.CH2.2ClH.Ti/c1-2-4-5-3-1;1-4(2,3)5;1-2-3;1-3-2;;;;;/h1-3H,4H2;5H,1-3H3;3H,1-2H2;3H,1-2H3;1H3;1H2;2*1H;/q3*-1;;-1;;;;. The third-order valence-electron chi connectivity index (χ3n) is 0.586. The Morgan fingerprint density at radius 1 is 1.33 bits per heavy atom. The fourth-order valence-electron chi connectivity index (χ4n) is 0.340. The molecule has 0 bridgehead atoms. The summed E-state index contributed by atoms with van der Waals surface area (Å²) in [6, 6.07) is 0. The van der Waals surface area contributed by atoms with E-state index in [1.807, 2.05) is 32.9 Å². The number of hydrogen-bond acceptors (Lipinski definition) is 1. The van der Waals surface area contributed by atoms with Crippen molar-refractivity contribution in [2.24, 2.45) is 0 Å². The van der Waals surface area contributed by atoms with E-state index >= 15 is 0 Å². The molecule has 0 aromatic rings. The molecule has 0 heterocycles. The van der Waals surface area contributed by atoms with Crippen LogP contribution in [0.4, 0.5) is 0 Å². The molecule has 0 amide bonds. The van der Waals surface area contributed by atoms with Gasteiger partial charge in [-0.1, -0.05) is 40.5 Å². The molecule has 6 heteroatoms. The van der Waals surface area contributed by atoms with Gasteiger partial charge in [0.15, 0.2) is 0 Å². The Hall–Kier alpha value is 0.781. The van der Waals surface area contributed by atoms with Crippen LogP contribution in [0.1, 0.15) is 27.2 Å². The number of aliphatic hydroxyl groups excluding tert-OH is 1. The first kappa shape index (κ1) is 43.1. The van der Waals surface area contributed by atoms with Crippen LogP contribution in [0.15, 0.2) is 18.2 Å². The van der Waals surface area contributed by atoms with Crippen molar-refractivity contribution >= 4 is 39.2 Å². The van der Waals surface area contributed by atoms with Crippen LogP contribution in [0.5, 0.6) is 0 Å². The number of allylic oxidation sites excluding steroid dienone is 4. The van der Waals surface area contributed by atoms with Crippen molar-refractivity contribution in [2.75, 3.05) is 6.61 Å². The zero-order valence-electron chi connectivity index (χ0n) is 14.4. The Kier molecular flexibility index (Phi) is 87.8. The first-order valence-electron chi connectivity index (χ1n) is 5.79. The normalized spacial score (nSPS) is 8.90. The van der Waals surface area contributed by atoms with Crippen molar-refractivity contribution in [3.8, 4) is 0 Å². The van der Waals surface area contributed by atoms with Gasteiger partial charge in [0.2, 0.25) is 0 Å². The van der Waals surface area contributed by atoms with E-state index in [1.165, 1.54) is 0 Å². The maximum absolute atomic E-state index is 7.46. The van der Waals surface area contributed by atoms with Crippen LogP contribution in [-0.2, 0) is 20.0 Å². The summed E-state index contributed by atoms with van der Waals surface area (Å²) in [4.78, 5) is 3.25. The van der Waals surface area contributed by atoms with E-state index in [-0.39, 0.29) is 44.4 Å². The van der Waals surface area contributed by atoms with Gasteiger partial charge in [0.1, 0.15) is 0 Å². The van der Waals surface area contributed by atoms with Crippen LogP contribution in [0.25, 0.3) is 5.73 Å². The molecule has 0 aliphatic heterocycles. The van der Waals surface area contributed by atoms with Gasteiger partial charge >= 0.3 is 24.8 Å². The minimum atomic E-state index is -0.250. The van der Waals surface area contributed by atoms with Crippen molar-refractivity contribution < 1.29 is 25.1 Å². The largest absolute Gasteiger partial charge is 0.358 e. The van der Waals surface area contributed by atoms with Crippen molar-refractivity contribution in [1.82, 2.24) is 0 Å². The van der Waals surface area contributed by atoms with E-state index in [0.717, 1.165) is 15.9 Å². The molecule has 2 N–H and O–H groups in total. The molecule has 0 spiro atoms. The van der Waals surface area contributed by atoms with Gasteiger partial charge < -0.3 is 25.2 Å². The molecule has 0 aromatic heterocycles. The van der Waals surface area contributed by atoms with E-state index < -0.39 is 0 Å². The van der Waals surface area contributed by atoms with Crippen LogP contribution in [0.3, 0.4) is 0 Å². The molecular weight excluding hydrogens is 357 g/mol. The van der Waals surface area contributed by atoms with Gasteiger partial charge in [-0.25, -0.2) is 12.2 Å². The summed E-state index contributed by atoms with van der Waals surface area (Å²) >= 11 is 1.75. The van der Waals surface area contributed by atoms with Crippen molar-refractivity contribution in [3.05, 3.63) is 44.4 Å². The Balaban J connectivity index is -0.0000000234. The molecule has 0 saturated carbocycles. The second-order valence-corrected chi connectivity index (χ2v) is 5.21. The van der Waals surface area contributed by atoms with Gasteiger partial charge in [0.25, 0.3) is 0 Å². The first-order chi connectivity index (χ1) is 8.33. The van der Waals surface area contributed by atoms with Gasteiger partial charge in [-0.15, -0.1) is 36.8 Å². The Labute approximate surface area is 160 Å². The van der Waals surface area contributed by atoms with E-state index in [1.54, 1.807) is 20.0 Å². The Bertz CT molecular complexity index is 169. The molecule has 1 aliphatic carbocycles. The van der Waals surface area contributed by atoms with Gasteiger partial charge in [0.05, 0.1) is 0 Å².